The Kier molecular flexibility index (Phi) is 1.51. The van der Waals surface area contributed by atoms with Gasteiger partial charge in [0.15, 0.2) is 0 Å². The summed E-state index contributed by atoms with van der Waals surface area (Å²) in [5.41, 5.74) is 0. The van der Waals surface area contributed by atoms with Crippen molar-refractivity contribution < 1.29 is 0 Å². The van der Waals surface area contributed by atoms with Crippen LogP contribution in [0.25, 0.3) is 0 Å². The average molecular weight is 138 g/mol. The number of hydrogen-bond donors (Lipinski definition) is 0. The molecule has 4 atom stereocenters. The highest BCUT2D eigenvalue weighted by Gasteiger charge is 2.40. The maximum absolute atomic E-state index is 2.43. The summed E-state index contributed by atoms with van der Waals surface area (Å²) >= 11 is 0. The van der Waals surface area contributed by atoms with Gasteiger partial charge in [-0.3, -0.25) is 0 Å². The van der Waals surface area contributed by atoms with E-state index in [1.165, 1.54) is 25.7 Å². The Morgan fingerprint density at radius 1 is 0.700 bits per heavy atom. The monoisotopic (exact) mass is 138 g/mol. The van der Waals surface area contributed by atoms with Crippen molar-refractivity contribution in [1.29, 1.82) is 0 Å². The van der Waals surface area contributed by atoms with Crippen LogP contribution in [0.5, 0.6) is 0 Å². The standard InChI is InChI=1S/C10H18/c1-7-3-5-9(7)10-6-4-8(10)2/h7-10H,3-6H2,1-2H3. The molecule has 0 aliphatic heterocycles. The van der Waals surface area contributed by atoms with Crippen molar-refractivity contribution in [2.24, 2.45) is 23.7 Å². The summed E-state index contributed by atoms with van der Waals surface area (Å²) in [6.45, 7) is 4.86. The lowest BCUT2D eigenvalue weighted by Crippen LogP contribution is -2.39. The highest BCUT2D eigenvalue weighted by atomic mass is 14.5. The summed E-state index contributed by atoms with van der Waals surface area (Å²) in [7, 11) is 0. The Balaban J connectivity index is 1.87. The SMILES string of the molecule is CC1CCC1C1CCC1C. The summed E-state index contributed by atoms with van der Waals surface area (Å²) in [6.07, 6.45) is 6.09. The van der Waals surface area contributed by atoms with Crippen LogP contribution in [0.1, 0.15) is 39.5 Å². The molecule has 0 bridgehead atoms. The van der Waals surface area contributed by atoms with Crippen molar-refractivity contribution in [3.05, 3.63) is 0 Å². The minimum Gasteiger partial charge on any atom is -0.0622 e. The molecule has 0 N–H and O–H groups in total. The van der Waals surface area contributed by atoms with Gasteiger partial charge >= 0.3 is 0 Å². The van der Waals surface area contributed by atoms with E-state index in [0.717, 1.165) is 23.7 Å². The molecule has 2 fully saturated rings. The number of rotatable bonds is 1. The van der Waals surface area contributed by atoms with Crippen molar-refractivity contribution in [2.75, 3.05) is 0 Å². The van der Waals surface area contributed by atoms with Crippen molar-refractivity contribution in [2.45, 2.75) is 39.5 Å². The molecule has 0 heterocycles. The van der Waals surface area contributed by atoms with Crippen molar-refractivity contribution >= 4 is 0 Å². The fourth-order valence-electron chi connectivity index (χ4n) is 2.66. The van der Waals surface area contributed by atoms with Crippen molar-refractivity contribution in [1.82, 2.24) is 0 Å². The lowest BCUT2D eigenvalue weighted by Gasteiger charge is -2.48. The zero-order valence-corrected chi connectivity index (χ0v) is 7.14. The van der Waals surface area contributed by atoms with E-state index < -0.39 is 0 Å². The fourth-order valence-corrected chi connectivity index (χ4v) is 2.66. The second-order valence-corrected chi connectivity index (χ2v) is 4.44. The first-order valence-electron chi connectivity index (χ1n) is 4.79. The second-order valence-electron chi connectivity index (χ2n) is 4.44. The molecule has 2 rings (SSSR count). The van der Waals surface area contributed by atoms with Crippen molar-refractivity contribution in [3.63, 3.8) is 0 Å². The largest absolute Gasteiger partial charge is 0.0622 e. The zero-order chi connectivity index (χ0) is 7.14. The predicted molar refractivity (Wildman–Crippen MR) is 43.8 cm³/mol. The Hall–Kier alpha value is 0. The molecular formula is C10H18. The van der Waals surface area contributed by atoms with E-state index in [4.69, 9.17) is 0 Å². The van der Waals surface area contributed by atoms with Gasteiger partial charge in [-0.1, -0.05) is 26.7 Å². The average Bonchev–Trinajstić information content (AvgIpc) is 1.93. The highest BCUT2D eigenvalue weighted by molar-refractivity contribution is 4.90. The molecule has 0 amide bonds. The van der Waals surface area contributed by atoms with Crippen LogP contribution in [-0.2, 0) is 0 Å². The Morgan fingerprint density at radius 3 is 1.20 bits per heavy atom. The van der Waals surface area contributed by atoms with Crippen molar-refractivity contribution in [3.8, 4) is 0 Å². The van der Waals surface area contributed by atoms with Gasteiger partial charge in [0.25, 0.3) is 0 Å². The normalized spacial score (nSPS) is 53.4. The quantitative estimate of drug-likeness (QED) is 0.522. The van der Waals surface area contributed by atoms with Crippen LogP contribution < -0.4 is 0 Å². The van der Waals surface area contributed by atoms with Crippen LogP contribution in [0.2, 0.25) is 0 Å². The Labute approximate surface area is 64.0 Å². The Bertz CT molecular complexity index is 112. The van der Waals surface area contributed by atoms with Crippen LogP contribution in [0, 0.1) is 23.7 Å². The van der Waals surface area contributed by atoms with Gasteiger partial charge in [0.2, 0.25) is 0 Å². The molecule has 4 unspecified atom stereocenters. The van der Waals surface area contributed by atoms with E-state index in [1.807, 2.05) is 0 Å². The molecule has 0 nitrogen and oxygen atoms in total. The van der Waals surface area contributed by atoms with E-state index in [9.17, 15) is 0 Å². The van der Waals surface area contributed by atoms with Gasteiger partial charge in [0.05, 0.1) is 0 Å². The molecule has 0 aromatic rings. The van der Waals surface area contributed by atoms with Gasteiger partial charge in [-0.15, -0.1) is 0 Å². The molecule has 0 spiro atoms. The van der Waals surface area contributed by atoms with Gasteiger partial charge in [-0.25, -0.2) is 0 Å². The smallest absolute Gasteiger partial charge is 0.0357 e. The predicted octanol–water partition coefficient (Wildman–Crippen LogP) is 3.08. The third-order valence-corrected chi connectivity index (χ3v) is 3.92. The molecule has 2 saturated carbocycles. The molecule has 58 valence electrons. The first-order valence-corrected chi connectivity index (χ1v) is 4.79. The van der Waals surface area contributed by atoms with Crippen LogP contribution in [0.4, 0.5) is 0 Å². The maximum Gasteiger partial charge on any atom is -0.0357 e. The summed E-state index contributed by atoms with van der Waals surface area (Å²) < 4.78 is 0. The van der Waals surface area contributed by atoms with E-state index in [1.54, 1.807) is 0 Å². The maximum atomic E-state index is 2.43. The summed E-state index contributed by atoms with van der Waals surface area (Å²) in [6, 6.07) is 0. The van der Waals surface area contributed by atoms with Gasteiger partial charge in [0, 0.05) is 0 Å². The second kappa shape index (κ2) is 2.25. The van der Waals surface area contributed by atoms with E-state index in [2.05, 4.69) is 13.8 Å². The minimum absolute atomic E-state index is 1.06. The molecule has 2 aliphatic carbocycles. The summed E-state index contributed by atoms with van der Waals surface area (Å²) in [5.74, 6) is 4.38. The molecule has 0 radical (unpaired) electrons. The number of hydrogen-bond acceptors (Lipinski definition) is 0. The van der Waals surface area contributed by atoms with Gasteiger partial charge in [-0.2, -0.15) is 0 Å². The van der Waals surface area contributed by atoms with Crippen LogP contribution in [0.3, 0.4) is 0 Å². The topological polar surface area (TPSA) is 0 Å². The first-order chi connectivity index (χ1) is 4.79. The van der Waals surface area contributed by atoms with Gasteiger partial charge < -0.3 is 0 Å². The van der Waals surface area contributed by atoms with E-state index in [-0.39, 0.29) is 0 Å². The molecule has 0 heteroatoms. The molecule has 10 heavy (non-hydrogen) atoms. The van der Waals surface area contributed by atoms with Gasteiger partial charge in [-0.05, 0) is 36.5 Å². The molecule has 0 aromatic carbocycles. The Morgan fingerprint density at radius 2 is 1.10 bits per heavy atom. The molecule has 0 saturated heterocycles. The summed E-state index contributed by atoms with van der Waals surface area (Å²) in [5, 5.41) is 0. The third-order valence-electron chi connectivity index (χ3n) is 3.92. The third kappa shape index (κ3) is 0.810. The zero-order valence-electron chi connectivity index (χ0n) is 7.14. The fraction of sp³-hybridized carbons (Fsp3) is 1.00. The summed E-state index contributed by atoms with van der Waals surface area (Å²) in [4.78, 5) is 0. The van der Waals surface area contributed by atoms with E-state index in [0.29, 0.717) is 0 Å². The molecule has 0 aromatic heterocycles. The van der Waals surface area contributed by atoms with Gasteiger partial charge in [0.1, 0.15) is 0 Å². The first kappa shape index (κ1) is 6.69. The molecule has 2 aliphatic rings. The highest BCUT2D eigenvalue weighted by Crippen LogP contribution is 2.50. The lowest BCUT2D eigenvalue weighted by atomic mass is 9.58. The van der Waals surface area contributed by atoms with Crippen LogP contribution >= 0.6 is 0 Å². The van der Waals surface area contributed by atoms with E-state index >= 15 is 0 Å². The minimum atomic E-state index is 1.06. The van der Waals surface area contributed by atoms with Crippen LogP contribution in [-0.4, -0.2) is 0 Å². The van der Waals surface area contributed by atoms with Crippen LogP contribution in [0.15, 0.2) is 0 Å². The molecular weight excluding hydrogens is 120 g/mol. The lowest BCUT2D eigenvalue weighted by molar-refractivity contribution is 0.0218.